The van der Waals surface area contributed by atoms with E-state index in [1.54, 1.807) is 0 Å². The number of rotatable bonds is 5. The highest BCUT2D eigenvalue weighted by Gasteiger charge is 2.54. The second-order valence-electron chi connectivity index (χ2n) is 7.54. The fourth-order valence-corrected chi connectivity index (χ4v) is 4.22. The summed E-state index contributed by atoms with van der Waals surface area (Å²) in [6, 6.07) is 7.90. The summed E-state index contributed by atoms with van der Waals surface area (Å²) in [6.07, 6.45) is 2.68. The molecule has 3 rings (SSSR count). The Morgan fingerprint density at radius 3 is 2.56 bits per heavy atom. The van der Waals surface area contributed by atoms with E-state index < -0.39 is 11.4 Å². The lowest BCUT2D eigenvalue weighted by Crippen LogP contribution is -2.37. The number of fused-ring (bicyclic) bond motifs is 1. The molecule has 1 aromatic rings. The standard InChI is InChI=1S/C19H26N2O3.ClH/c1-13(2)14-5-7-16(8-6-14)20-17(22)11-21-10-15-4-3-9-19(15,12-21)18(23)24;/h5-8,13,15H,3-4,9-12H2,1-2H3,(H,20,22)(H,23,24);1H/t15-,19+;/m0./s1. The smallest absolute Gasteiger partial charge is 0.311 e. The van der Waals surface area contributed by atoms with Gasteiger partial charge in [-0.15, -0.1) is 12.4 Å². The average molecular weight is 367 g/mol. The van der Waals surface area contributed by atoms with Crippen molar-refractivity contribution in [3.05, 3.63) is 29.8 Å². The minimum Gasteiger partial charge on any atom is -0.481 e. The van der Waals surface area contributed by atoms with E-state index in [0.29, 0.717) is 19.0 Å². The van der Waals surface area contributed by atoms with E-state index in [0.717, 1.165) is 24.9 Å². The molecule has 0 unspecified atom stereocenters. The van der Waals surface area contributed by atoms with Crippen LogP contribution in [0.1, 0.15) is 44.6 Å². The van der Waals surface area contributed by atoms with Gasteiger partial charge in [-0.3, -0.25) is 14.5 Å². The zero-order chi connectivity index (χ0) is 17.3. The number of carboxylic acids is 1. The number of nitrogens with zero attached hydrogens (tertiary/aromatic N) is 1. The molecule has 1 amide bonds. The average Bonchev–Trinajstić information content (AvgIpc) is 3.05. The topological polar surface area (TPSA) is 69.6 Å². The van der Waals surface area contributed by atoms with Crippen LogP contribution in [0.4, 0.5) is 5.69 Å². The van der Waals surface area contributed by atoms with Crippen LogP contribution in [0.3, 0.4) is 0 Å². The van der Waals surface area contributed by atoms with Crippen molar-refractivity contribution >= 4 is 30.0 Å². The van der Waals surface area contributed by atoms with Crippen LogP contribution >= 0.6 is 12.4 Å². The second-order valence-corrected chi connectivity index (χ2v) is 7.54. The lowest BCUT2D eigenvalue weighted by Gasteiger charge is -2.23. The SMILES string of the molecule is CC(C)c1ccc(NC(=O)CN2C[C@@H]3CCC[C@@]3(C(=O)O)C2)cc1.Cl. The van der Waals surface area contributed by atoms with Crippen molar-refractivity contribution < 1.29 is 14.7 Å². The molecule has 2 aliphatic rings. The number of nitrogens with one attached hydrogen (secondary N) is 1. The molecular weight excluding hydrogens is 340 g/mol. The van der Waals surface area contributed by atoms with Crippen LogP contribution in [0, 0.1) is 11.3 Å². The Hall–Kier alpha value is -1.59. The molecule has 0 radical (unpaired) electrons. The van der Waals surface area contributed by atoms with Gasteiger partial charge in [0.25, 0.3) is 0 Å². The van der Waals surface area contributed by atoms with Crippen LogP contribution in [0.25, 0.3) is 0 Å². The van der Waals surface area contributed by atoms with Crippen molar-refractivity contribution in [2.24, 2.45) is 11.3 Å². The Kier molecular flexibility index (Phi) is 6.12. The lowest BCUT2D eigenvalue weighted by molar-refractivity contribution is -0.149. The van der Waals surface area contributed by atoms with Gasteiger partial charge in [-0.2, -0.15) is 0 Å². The van der Waals surface area contributed by atoms with Crippen LogP contribution < -0.4 is 5.32 Å². The fourth-order valence-electron chi connectivity index (χ4n) is 4.22. The molecule has 1 aromatic carbocycles. The quantitative estimate of drug-likeness (QED) is 0.838. The third-order valence-corrected chi connectivity index (χ3v) is 5.60. The largest absolute Gasteiger partial charge is 0.481 e. The number of carbonyl (C=O) groups is 2. The van der Waals surface area contributed by atoms with Crippen molar-refractivity contribution in [1.29, 1.82) is 0 Å². The van der Waals surface area contributed by atoms with E-state index >= 15 is 0 Å². The van der Waals surface area contributed by atoms with Gasteiger partial charge in [0.1, 0.15) is 0 Å². The molecular formula is C19H27ClN2O3. The van der Waals surface area contributed by atoms with E-state index in [2.05, 4.69) is 19.2 Å². The summed E-state index contributed by atoms with van der Waals surface area (Å²) in [6.45, 7) is 5.74. The molecule has 138 valence electrons. The monoisotopic (exact) mass is 366 g/mol. The normalized spacial score (nSPS) is 25.5. The summed E-state index contributed by atoms with van der Waals surface area (Å²) in [5.41, 5.74) is 1.40. The Morgan fingerprint density at radius 2 is 2.00 bits per heavy atom. The summed E-state index contributed by atoms with van der Waals surface area (Å²) in [5, 5.41) is 12.5. The van der Waals surface area contributed by atoms with E-state index in [4.69, 9.17) is 0 Å². The Labute approximate surface area is 155 Å². The maximum Gasteiger partial charge on any atom is 0.311 e. The van der Waals surface area contributed by atoms with E-state index in [-0.39, 0.29) is 30.8 Å². The molecule has 1 aliphatic carbocycles. The third-order valence-electron chi connectivity index (χ3n) is 5.60. The zero-order valence-electron chi connectivity index (χ0n) is 14.8. The summed E-state index contributed by atoms with van der Waals surface area (Å²) in [4.78, 5) is 26.0. The van der Waals surface area contributed by atoms with E-state index in [1.165, 1.54) is 5.56 Å². The first-order valence-corrected chi connectivity index (χ1v) is 8.76. The van der Waals surface area contributed by atoms with Crippen molar-refractivity contribution in [3.8, 4) is 0 Å². The van der Waals surface area contributed by atoms with Crippen LogP contribution in [0.2, 0.25) is 0 Å². The number of anilines is 1. The van der Waals surface area contributed by atoms with Crippen LogP contribution in [-0.4, -0.2) is 41.5 Å². The number of carboxylic acid groups (broad SMARTS) is 1. The molecule has 6 heteroatoms. The number of likely N-dealkylation sites (tertiary alicyclic amines) is 1. The van der Waals surface area contributed by atoms with Crippen molar-refractivity contribution in [1.82, 2.24) is 4.90 Å². The summed E-state index contributed by atoms with van der Waals surface area (Å²) in [5.74, 6) is -0.121. The van der Waals surface area contributed by atoms with Crippen molar-refractivity contribution in [2.45, 2.75) is 39.0 Å². The molecule has 2 N–H and O–H groups in total. The molecule has 2 atom stereocenters. The Bertz CT molecular complexity index is 632. The molecule has 0 bridgehead atoms. The van der Waals surface area contributed by atoms with Crippen molar-refractivity contribution in [2.75, 3.05) is 25.0 Å². The highest BCUT2D eigenvalue weighted by molar-refractivity contribution is 5.92. The molecule has 5 nitrogen and oxygen atoms in total. The third kappa shape index (κ3) is 3.98. The predicted octanol–water partition coefficient (Wildman–Crippen LogP) is 3.36. The number of amides is 1. The number of hydrogen-bond acceptors (Lipinski definition) is 3. The van der Waals surface area contributed by atoms with Gasteiger partial charge in [-0.1, -0.05) is 32.4 Å². The van der Waals surface area contributed by atoms with Gasteiger partial charge in [0.2, 0.25) is 5.91 Å². The molecule has 1 saturated carbocycles. The fraction of sp³-hybridized carbons (Fsp3) is 0.579. The summed E-state index contributed by atoms with van der Waals surface area (Å²) in [7, 11) is 0. The first kappa shape index (κ1) is 19.7. The highest BCUT2D eigenvalue weighted by Crippen LogP contribution is 2.48. The minimum absolute atomic E-state index is 0. The molecule has 1 saturated heterocycles. The molecule has 0 spiro atoms. The van der Waals surface area contributed by atoms with Gasteiger partial charge in [-0.25, -0.2) is 0 Å². The molecule has 2 fully saturated rings. The summed E-state index contributed by atoms with van der Waals surface area (Å²) >= 11 is 0. The van der Waals surface area contributed by atoms with Gasteiger partial charge in [-0.05, 0) is 42.4 Å². The second kappa shape index (κ2) is 7.75. The number of benzene rings is 1. The Morgan fingerprint density at radius 1 is 1.32 bits per heavy atom. The van der Waals surface area contributed by atoms with Gasteiger partial charge < -0.3 is 10.4 Å². The van der Waals surface area contributed by atoms with Gasteiger partial charge in [0.05, 0.1) is 12.0 Å². The number of carbonyl (C=O) groups excluding carboxylic acids is 1. The number of aliphatic carboxylic acids is 1. The van der Waals surface area contributed by atoms with Crippen LogP contribution in [-0.2, 0) is 9.59 Å². The lowest BCUT2D eigenvalue weighted by atomic mass is 9.81. The molecule has 0 aromatic heterocycles. The number of hydrogen-bond donors (Lipinski definition) is 2. The maximum absolute atomic E-state index is 12.3. The first-order valence-electron chi connectivity index (χ1n) is 8.76. The van der Waals surface area contributed by atoms with Gasteiger partial charge in [0, 0.05) is 18.8 Å². The summed E-state index contributed by atoms with van der Waals surface area (Å²) < 4.78 is 0. The first-order chi connectivity index (χ1) is 11.4. The minimum atomic E-state index is -0.697. The molecule has 25 heavy (non-hydrogen) atoms. The molecule has 1 heterocycles. The Balaban J connectivity index is 0.00000225. The van der Waals surface area contributed by atoms with E-state index in [9.17, 15) is 14.7 Å². The van der Waals surface area contributed by atoms with Crippen LogP contribution in [0.15, 0.2) is 24.3 Å². The van der Waals surface area contributed by atoms with Crippen LogP contribution in [0.5, 0.6) is 0 Å². The zero-order valence-corrected chi connectivity index (χ0v) is 15.6. The van der Waals surface area contributed by atoms with E-state index in [1.807, 2.05) is 29.2 Å². The predicted molar refractivity (Wildman–Crippen MR) is 100 cm³/mol. The number of halogens is 1. The maximum atomic E-state index is 12.3. The highest BCUT2D eigenvalue weighted by atomic mass is 35.5. The van der Waals surface area contributed by atoms with Gasteiger partial charge in [0.15, 0.2) is 0 Å². The van der Waals surface area contributed by atoms with Gasteiger partial charge >= 0.3 is 5.97 Å². The molecule has 1 aliphatic heterocycles. The van der Waals surface area contributed by atoms with Crippen molar-refractivity contribution in [3.63, 3.8) is 0 Å².